The largest absolute Gasteiger partial charge is 0.444 e. The summed E-state index contributed by atoms with van der Waals surface area (Å²) in [6.07, 6.45) is 1.35. The van der Waals surface area contributed by atoms with Crippen LogP contribution in [0, 0.1) is 0 Å². The lowest BCUT2D eigenvalue weighted by atomic mass is 10.1. The lowest BCUT2D eigenvalue weighted by molar-refractivity contribution is -0.0926. The average molecular weight is 243 g/mol. The highest BCUT2D eigenvalue weighted by Crippen LogP contribution is 2.45. The quantitative estimate of drug-likeness (QED) is 0.750. The van der Waals surface area contributed by atoms with Crippen molar-refractivity contribution in [2.75, 3.05) is 19.8 Å². The predicted molar refractivity (Wildman–Crippen MR) is 61.7 cm³/mol. The average Bonchev–Trinajstić information content (AvgIpc) is 2.97. The van der Waals surface area contributed by atoms with Gasteiger partial charge in [-0.3, -0.25) is 4.90 Å². The van der Waals surface area contributed by atoms with Crippen LogP contribution in [0.5, 0.6) is 0 Å². The number of nitrogens with zero attached hydrogens (tertiary/aromatic N) is 1. The van der Waals surface area contributed by atoms with E-state index in [4.69, 9.17) is 14.6 Å². The molecule has 1 atom stereocenters. The summed E-state index contributed by atoms with van der Waals surface area (Å²) >= 11 is 0. The normalized spacial score (nSPS) is 27.1. The fourth-order valence-electron chi connectivity index (χ4n) is 2.06. The van der Waals surface area contributed by atoms with Crippen LogP contribution in [0.4, 0.5) is 4.79 Å². The summed E-state index contributed by atoms with van der Waals surface area (Å²) in [6.45, 7) is 6.44. The molecule has 5 nitrogen and oxygen atoms in total. The summed E-state index contributed by atoms with van der Waals surface area (Å²) in [5.74, 6) is 0. The molecule has 0 aromatic heterocycles. The Hall–Kier alpha value is -0.810. The number of carbonyl (C=O) groups is 1. The zero-order valence-electron chi connectivity index (χ0n) is 10.7. The van der Waals surface area contributed by atoms with Crippen molar-refractivity contribution in [2.24, 2.45) is 0 Å². The Morgan fingerprint density at radius 2 is 2.18 bits per heavy atom. The van der Waals surface area contributed by atoms with Crippen LogP contribution < -0.4 is 0 Å². The molecule has 98 valence electrons. The van der Waals surface area contributed by atoms with Gasteiger partial charge in [-0.1, -0.05) is 0 Å². The molecule has 0 aromatic rings. The van der Waals surface area contributed by atoms with Crippen LogP contribution in [0.3, 0.4) is 0 Å². The smallest absolute Gasteiger partial charge is 0.410 e. The lowest BCUT2D eigenvalue weighted by Gasteiger charge is -2.40. The molecule has 2 fully saturated rings. The molecule has 1 unspecified atom stereocenters. The predicted octanol–water partition coefficient (Wildman–Crippen LogP) is 1.15. The van der Waals surface area contributed by atoms with Crippen LogP contribution in [0.15, 0.2) is 0 Å². The number of aliphatic hydroxyl groups excluding tert-OH is 1. The third kappa shape index (κ3) is 2.72. The van der Waals surface area contributed by atoms with Crippen LogP contribution in [-0.4, -0.2) is 53.1 Å². The maximum absolute atomic E-state index is 12.1. The molecular weight excluding hydrogens is 222 g/mol. The molecule has 1 spiro atoms. The van der Waals surface area contributed by atoms with Crippen molar-refractivity contribution >= 4 is 6.09 Å². The third-order valence-electron chi connectivity index (χ3n) is 3.19. The first kappa shape index (κ1) is 12.6. The number of rotatable bonds is 1. The van der Waals surface area contributed by atoms with Gasteiger partial charge in [-0.25, -0.2) is 4.79 Å². The number of carbonyl (C=O) groups excluding carboxylic acids is 1. The van der Waals surface area contributed by atoms with Crippen molar-refractivity contribution in [3.8, 4) is 0 Å². The van der Waals surface area contributed by atoms with Gasteiger partial charge in [0.1, 0.15) is 5.60 Å². The van der Waals surface area contributed by atoms with Gasteiger partial charge in [0.05, 0.1) is 31.4 Å². The summed E-state index contributed by atoms with van der Waals surface area (Å²) in [5, 5.41) is 9.11. The molecule has 2 rings (SSSR count). The first-order chi connectivity index (χ1) is 7.86. The standard InChI is InChI=1S/C12H21NO4/c1-11(2,3)17-10(15)13-6-9(7-14)16-8-12(13)4-5-12/h9,14H,4-8H2,1-3H3. The zero-order chi connectivity index (χ0) is 12.7. The molecule has 1 amide bonds. The van der Waals surface area contributed by atoms with Crippen molar-refractivity contribution in [3.05, 3.63) is 0 Å². The molecule has 1 aliphatic heterocycles. The number of hydrogen-bond donors (Lipinski definition) is 1. The van der Waals surface area contributed by atoms with E-state index in [0.29, 0.717) is 13.2 Å². The minimum atomic E-state index is -0.486. The fourth-order valence-corrected chi connectivity index (χ4v) is 2.06. The molecule has 1 N–H and O–H groups in total. The Morgan fingerprint density at radius 3 is 2.65 bits per heavy atom. The van der Waals surface area contributed by atoms with Gasteiger partial charge in [0.2, 0.25) is 0 Å². The Morgan fingerprint density at radius 1 is 1.53 bits per heavy atom. The maximum Gasteiger partial charge on any atom is 0.410 e. The highest BCUT2D eigenvalue weighted by atomic mass is 16.6. The van der Waals surface area contributed by atoms with E-state index in [-0.39, 0.29) is 24.3 Å². The molecule has 17 heavy (non-hydrogen) atoms. The molecule has 1 heterocycles. The van der Waals surface area contributed by atoms with Crippen molar-refractivity contribution in [1.29, 1.82) is 0 Å². The van der Waals surface area contributed by atoms with Crippen LogP contribution in [0.25, 0.3) is 0 Å². The summed E-state index contributed by atoms with van der Waals surface area (Å²) in [4.78, 5) is 13.8. The summed E-state index contributed by atoms with van der Waals surface area (Å²) in [5.41, 5.74) is -0.645. The fraction of sp³-hybridized carbons (Fsp3) is 0.917. The second kappa shape index (κ2) is 4.14. The van der Waals surface area contributed by atoms with E-state index in [2.05, 4.69) is 0 Å². The van der Waals surface area contributed by atoms with Gasteiger partial charge in [-0.15, -0.1) is 0 Å². The van der Waals surface area contributed by atoms with E-state index in [0.717, 1.165) is 12.8 Å². The van der Waals surface area contributed by atoms with Crippen LogP contribution in [-0.2, 0) is 9.47 Å². The zero-order valence-corrected chi connectivity index (χ0v) is 10.7. The number of morpholine rings is 1. The topological polar surface area (TPSA) is 59.0 Å². The molecule has 5 heteroatoms. The number of amides is 1. The third-order valence-corrected chi connectivity index (χ3v) is 3.19. The second-order valence-electron chi connectivity index (χ2n) is 5.93. The molecule has 1 aliphatic carbocycles. The van der Waals surface area contributed by atoms with Crippen molar-refractivity contribution in [3.63, 3.8) is 0 Å². The van der Waals surface area contributed by atoms with E-state index in [1.54, 1.807) is 4.90 Å². The Labute approximate surface area is 102 Å². The van der Waals surface area contributed by atoms with E-state index >= 15 is 0 Å². The monoisotopic (exact) mass is 243 g/mol. The summed E-state index contributed by atoms with van der Waals surface area (Å²) < 4.78 is 10.9. The number of hydrogen-bond acceptors (Lipinski definition) is 4. The van der Waals surface area contributed by atoms with Gasteiger partial charge < -0.3 is 14.6 Å². The number of ether oxygens (including phenoxy) is 2. The SMILES string of the molecule is CC(C)(C)OC(=O)N1CC(CO)OCC12CC2. The Bertz CT molecular complexity index is 306. The minimum Gasteiger partial charge on any atom is -0.444 e. The van der Waals surface area contributed by atoms with Crippen molar-refractivity contribution < 1.29 is 19.4 Å². The van der Waals surface area contributed by atoms with Crippen molar-refractivity contribution in [2.45, 2.75) is 50.9 Å². The molecule has 1 saturated carbocycles. The van der Waals surface area contributed by atoms with Gasteiger partial charge in [-0.05, 0) is 33.6 Å². The van der Waals surface area contributed by atoms with E-state index in [9.17, 15) is 4.79 Å². The van der Waals surface area contributed by atoms with Crippen molar-refractivity contribution in [1.82, 2.24) is 4.90 Å². The van der Waals surface area contributed by atoms with Gasteiger partial charge in [0.25, 0.3) is 0 Å². The van der Waals surface area contributed by atoms with Gasteiger partial charge in [0.15, 0.2) is 0 Å². The Kier molecular flexibility index (Phi) is 3.08. The van der Waals surface area contributed by atoms with Crippen LogP contribution in [0.2, 0.25) is 0 Å². The highest BCUT2D eigenvalue weighted by Gasteiger charge is 2.54. The van der Waals surface area contributed by atoms with E-state index in [1.165, 1.54) is 0 Å². The summed E-state index contributed by atoms with van der Waals surface area (Å²) in [7, 11) is 0. The first-order valence-electron chi connectivity index (χ1n) is 6.09. The molecular formula is C12H21NO4. The highest BCUT2D eigenvalue weighted by molar-refractivity contribution is 5.70. The minimum absolute atomic E-state index is 0.0601. The lowest BCUT2D eigenvalue weighted by Crippen LogP contribution is -2.56. The summed E-state index contributed by atoms with van der Waals surface area (Å²) in [6, 6.07) is 0. The first-order valence-corrected chi connectivity index (χ1v) is 6.09. The molecule has 2 aliphatic rings. The van der Waals surface area contributed by atoms with Gasteiger partial charge in [0, 0.05) is 0 Å². The maximum atomic E-state index is 12.1. The Balaban J connectivity index is 2.03. The molecule has 0 bridgehead atoms. The second-order valence-corrected chi connectivity index (χ2v) is 5.93. The van der Waals surface area contributed by atoms with Crippen LogP contribution in [0.1, 0.15) is 33.6 Å². The molecule has 0 aromatic carbocycles. The van der Waals surface area contributed by atoms with E-state index < -0.39 is 5.60 Å². The van der Waals surface area contributed by atoms with E-state index in [1.807, 2.05) is 20.8 Å². The van der Waals surface area contributed by atoms with Gasteiger partial charge >= 0.3 is 6.09 Å². The number of aliphatic hydroxyl groups is 1. The molecule has 1 saturated heterocycles. The van der Waals surface area contributed by atoms with Gasteiger partial charge in [-0.2, -0.15) is 0 Å². The van der Waals surface area contributed by atoms with Crippen LogP contribution >= 0.6 is 0 Å². The molecule has 0 radical (unpaired) electrons.